The van der Waals surface area contributed by atoms with Crippen molar-refractivity contribution >= 4 is 33.2 Å². The first kappa shape index (κ1) is 24.2. The van der Waals surface area contributed by atoms with E-state index < -0.39 is 89.2 Å². The number of nitrogens with two attached hydrogens (primary N) is 1. The third kappa shape index (κ3) is 4.51. The molecule has 0 unspecified atom stereocenters. The number of rotatable bonds is 6. The largest absolute Gasteiger partial charge is 0.493 e. The van der Waals surface area contributed by atoms with Crippen LogP contribution in [-0.4, -0.2) is 90.2 Å². The van der Waals surface area contributed by atoms with Gasteiger partial charge in [-0.3, -0.25) is 9.88 Å². The second-order valence-corrected chi connectivity index (χ2v) is 12.2. The van der Waals surface area contributed by atoms with Gasteiger partial charge < -0.3 is 24.8 Å². The second kappa shape index (κ2) is 10.8. The molecular formula is C32H31F5N6O3. The molecule has 1 aliphatic carbocycles. The van der Waals surface area contributed by atoms with Crippen LogP contribution >= 0.6 is 0 Å². The molecule has 0 spiro atoms. The van der Waals surface area contributed by atoms with Crippen molar-refractivity contribution < 1.29 is 43.0 Å². The summed E-state index contributed by atoms with van der Waals surface area (Å²) >= 11 is 0. The summed E-state index contributed by atoms with van der Waals surface area (Å²) in [7, 11) is -3.19. The molecule has 4 aliphatic rings. The number of fused-ring (bicyclic) bond motifs is 4. The van der Waals surface area contributed by atoms with Gasteiger partial charge in [0.2, 0.25) is 0 Å². The quantitative estimate of drug-likeness (QED) is 0.230. The van der Waals surface area contributed by atoms with Crippen molar-refractivity contribution in [2.24, 2.45) is 5.92 Å². The number of hydrogen-bond donors (Lipinski definition) is 1. The average molecular weight is 648 g/mol. The van der Waals surface area contributed by atoms with Crippen LogP contribution in [0.4, 0.5) is 33.5 Å². The zero-order chi connectivity index (χ0) is 36.2. The normalized spacial score (nSPS) is 29.8. The Labute approximate surface area is 267 Å². The van der Waals surface area contributed by atoms with Crippen LogP contribution < -0.4 is 20.1 Å². The lowest BCUT2D eigenvalue weighted by Crippen LogP contribution is -2.43. The topological polar surface area (TPSA) is 98.9 Å². The third-order valence-corrected chi connectivity index (χ3v) is 9.50. The third-order valence-electron chi connectivity index (χ3n) is 9.50. The highest BCUT2D eigenvalue weighted by atomic mass is 19.1. The number of nitrogens with zero attached hydrogens (tertiary/aromatic N) is 5. The van der Waals surface area contributed by atoms with Crippen molar-refractivity contribution in [3.63, 3.8) is 0 Å². The fraction of sp³-hybridized carbons (Fsp3) is 0.469. The molecule has 4 aromatic rings. The summed E-state index contributed by atoms with van der Waals surface area (Å²) < 4.78 is 134. The first-order valence-electron chi connectivity index (χ1n) is 17.4. The maximum absolute atomic E-state index is 17.0. The van der Waals surface area contributed by atoms with E-state index in [-0.39, 0.29) is 67.0 Å². The molecule has 3 saturated heterocycles. The van der Waals surface area contributed by atoms with Gasteiger partial charge in [-0.2, -0.15) is 9.97 Å². The lowest BCUT2D eigenvalue weighted by Gasteiger charge is -2.31. The van der Waals surface area contributed by atoms with E-state index in [4.69, 9.17) is 26.8 Å². The van der Waals surface area contributed by atoms with Crippen molar-refractivity contribution in [2.45, 2.75) is 43.2 Å². The van der Waals surface area contributed by atoms with Crippen LogP contribution in [0.5, 0.6) is 11.8 Å². The molecule has 4 fully saturated rings. The van der Waals surface area contributed by atoms with Gasteiger partial charge in [-0.1, -0.05) is 0 Å². The Morgan fingerprint density at radius 1 is 1.15 bits per heavy atom. The zero-order valence-electron chi connectivity index (χ0n) is 29.2. The molecule has 14 heteroatoms. The summed E-state index contributed by atoms with van der Waals surface area (Å²) in [5, 5.41) is -0.883. The van der Waals surface area contributed by atoms with Gasteiger partial charge in [-0.05, 0) is 31.5 Å². The zero-order valence-corrected chi connectivity index (χ0v) is 24.2. The standard InChI is InChI=1S/C32H31F5N6O3/c1-44-29-22(35)9-21(34)17-7-16(38)8-18(23(17)29)26-25(37)27-19(11-39-26)30(43-5-6-45-13-20-24(36)28(20)43)41-31(40-27)46-14-32-3-2-4-42(32)12-15(33)10-32/h7-9,11,15,20,24,28H,2-6,10,12-14,38H2,1H3/t15-,20+,24+,28+,32+/m1/s1/i1D3,14D2. The number of benzene rings is 2. The first-order valence-corrected chi connectivity index (χ1v) is 14.9. The number of hydrogen-bond acceptors (Lipinski definition) is 9. The van der Waals surface area contributed by atoms with Crippen LogP contribution in [0.15, 0.2) is 24.4 Å². The molecule has 2 aromatic heterocycles. The van der Waals surface area contributed by atoms with Crippen molar-refractivity contribution in [1.29, 1.82) is 0 Å². The molecule has 8 rings (SSSR count). The van der Waals surface area contributed by atoms with Crippen LogP contribution in [0.2, 0.25) is 0 Å². The number of halogens is 5. The van der Waals surface area contributed by atoms with Crippen LogP contribution in [0.3, 0.4) is 0 Å². The summed E-state index contributed by atoms with van der Waals surface area (Å²) in [6, 6.07) is 1.33. The number of anilines is 2. The smallest absolute Gasteiger partial charge is 0.319 e. The number of methoxy groups -OCH3 is 1. The highest BCUT2D eigenvalue weighted by Crippen LogP contribution is 2.46. The van der Waals surface area contributed by atoms with E-state index in [9.17, 15) is 4.39 Å². The molecule has 3 aliphatic heterocycles. The Morgan fingerprint density at radius 2 is 2.02 bits per heavy atom. The molecule has 46 heavy (non-hydrogen) atoms. The molecule has 5 atom stereocenters. The lowest BCUT2D eigenvalue weighted by molar-refractivity contribution is 0.107. The first-order chi connectivity index (χ1) is 24.1. The second-order valence-electron chi connectivity index (χ2n) is 12.2. The van der Waals surface area contributed by atoms with E-state index in [1.807, 2.05) is 0 Å². The number of aromatic nitrogens is 3. The van der Waals surface area contributed by atoms with E-state index in [2.05, 4.69) is 15.0 Å². The minimum absolute atomic E-state index is 0.0217. The van der Waals surface area contributed by atoms with Crippen molar-refractivity contribution in [3.05, 3.63) is 41.8 Å². The molecule has 0 amide bonds. The van der Waals surface area contributed by atoms with Crippen molar-refractivity contribution in [1.82, 2.24) is 19.9 Å². The summed E-state index contributed by atoms with van der Waals surface area (Å²) in [5.41, 5.74) is 3.22. The van der Waals surface area contributed by atoms with Gasteiger partial charge in [-0.15, -0.1) is 0 Å². The van der Waals surface area contributed by atoms with E-state index >= 15 is 17.6 Å². The van der Waals surface area contributed by atoms with Gasteiger partial charge in [-0.25, -0.2) is 22.0 Å². The number of alkyl halides is 2. The Hall–Kier alpha value is -4.04. The van der Waals surface area contributed by atoms with Gasteiger partial charge in [0.15, 0.2) is 17.4 Å². The van der Waals surface area contributed by atoms with Gasteiger partial charge in [0, 0.05) is 59.7 Å². The predicted molar refractivity (Wildman–Crippen MR) is 160 cm³/mol. The number of pyridine rings is 1. The summed E-state index contributed by atoms with van der Waals surface area (Å²) in [5.74, 6) is -5.14. The van der Waals surface area contributed by atoms with Crippen LogP contribution in [-0.2, 0) is 4.74 Å². The average Bonchev–Trinajstić information content (AvgIpc) is 3.40. The van der Waals surface area contributed by atoms with E-state index in [1.165, 1.54) is 0 Å². The molecule has 2 N–H and O–H groups in total. The fourth-order valence-electron chi connectivity index (χ4n) is 7.32. The molecule has 1 saturated carbocycles. The summed E-state index contributed by atoms with van der Waals surface area (Å²) in [6.07, 6.45) is -0.688. The number of ether oxygens (including phenoxy) is 3. The van der Waals surface area contributed by atoms with Gasteiger partial charge in [0.05, 0.1) is 44.1 Å². The van der Waals surface area contributed by atoms with E-state index in [0.717, 1.165) is 18.3 Å². The van der Waals surface area contributed by atoms with Gasteiger partial charge >= 0.3 is 6.01 Å². The minimum atomic E-state index is -3.19. The van der Waals surface area contributed by atoms with E-state index in [1.54, 1.807) is 9.80 Å². The minimum Gasteiger partial charge on any atom is -0.493 e. The van der Waals surface area contributed by atoms with E-state index in [0.29, 0.717) is 19.0 Å². The van der Waals surface area contributed by atoms with Gasteiger partial charge in [0.1, 0.15) is 41.7 Å². The van der Waals surface area contributed by atoms with Crippen LogP contribution in [0, 0.1) is 23.4 Å². The Morgan fingerprint density at radius 3 is 2.87 bits per heavy atom. The SMILES string of the molecule is [2H]C([2H])([2H])Oc1c(F)cc(F)c2cc(N)cc(-c3ncc4c(N5CCOC[C@H]6[C@H](F)[C@H]65)nc(OC([2H])([2H])[C@@]56CCCN5C[C@H](F)C6)nc4c3F)c12. The van der Waals surface area contributed by atoms with Crippen LogP contribution in [0.25, 0.3) is 32.9 Å². The Bertz CT molecular complexity index is 2080. The maximum atomic E-state index is 17.0. The highest BCUT2D eigenvalue weighted by molar-refractivity contribution is 6.04. The summed E-state index contributed by atoms with van der Waals surface area (Å²) in [6.45, 7) is -1.64. The molecule has 0 radical (unpaired) electrons. The Kier molecular flexibility index (Phi) is 5.66. The fourth-order valence-corrected chi connectivity index (χ4v) is 7.32. The molecule has 9 nitrogen and oxygen atoms in total. The van der Waals surface area contributed by atoms with Crippen molar-refractivity contribution in [2.75, 3.05) is 57.1 Å². The highest BCUT2D eigenvalue weighted by Gasteiger charge is 2.56. The monoisotopic (exact) mass is 647 g/mol. The summed E-state index contributed by atoms with van der Waals surface area (Å²) in [4.78, 5) is 16.2. The lowest BCUT2D eigenvalue weighted by atomic mass is 9.95. The maximum Gasteiger partial charge on any atom is 0.319 e. The molecular weight excluding hydrogens is 611 g/mol. The molecule has 242 valence electrons. The predicted octanol–water partition coefficient (Wildman–Crippen LogP) is 4.98. The molecule has 2 aromatic carbocycles. The van der Waals surface area contributed by atoms with Gasteiger partial charge in [0.25, 0.3) is 0 Å². The molecule has 5 heterocycles. The van der Waals surface area contributed by atoms with Crippen molar-refractivity contribution in [3.8, 4) is 23.0 Å². The molecule has 0 bridgehead atoms. The Balaban J connectivity index is 1.33. The number of nitrogen functional groups attached to an aromatic ring is 1. The van der Waals surface area contributed by atoms with Crippen LogP contribution in [0.1, 0.15) is 26.1 Å².